The molecule has 0 spiro atoms. The van der Waals surface area contributed by atoms with Crippen molar-refractivity contribution in [2.24, 2.45) is 5.41 Å². The van der Waals surface area contributed by atoms with Gasteiger partial charge in [-0.3, -0.25) is 0 Å². The predicted molar refractivity (Wildman–Crippen MR) is 73.4 cm³/mol. The Hall–Kier alpha value is 0.107. The standard InChI is InChI=1S/C12H25OSSi/c1-11(2,3)10(9-13-15(7)8)14-12(4,5)6/h9H,1-8H3. The summed E-state index contributed by atoms with van der Waals surface area (Å²) in [6, 6.07) is 0. The van der Waals surface area contributed by atoms with Gasteiger partial charge in [-0.05, 0) is 18.5 Å². The lowest BCUT2D eigenvalue weighted by Crippen LogP contribution is -2.16. The molecule has 89 valence electrons. The Morgan fingerprint density at radius 1 is 1.07 bits per heavy atom. The van der Waals surface area contributed by atoms with E-state index in [1.54, 1.807) is 0 Å². The fraction of sp³-hybridized carbons (Fsp3) is 0.833. The average molecular weight is 245 g/mol. The number of allylic oxidation sites excluding steroid dienone is 1. The maximum Gasteiger partial charge on any atom is 0.273 e. The van der Waals surface area contributed by atoms with Gasteiger partial charge in [-0.2, -0.15) is 0 Å². The molecule has 0 aromatic heterocycles. The molecule has 0 atom stereocenters. The molecule has 0 aliphatic heterocycles. The van der Waals surface area contributed by atoms with Crippen LogP contribution in [0.4, 0.5) is 0 Å². The summed E-state index contributed by atoms with van der Waals surface area (Å²) in [6.45, 7) is 17.7. The first kappa shape index (κ1) is 15.1. The molecule has 0 aliphatic rings. The first-order valence-corrected chi connectivity index (χ1v) is 8.61. The molecule has 0 heterocycles. The van der Waals surface area contributed by atoms with Crippen LogP contribution in [0.15, 0.2) is 11.2 Å². The van der Waals surface area contributed by atoms with Crippen LogP contribution in [0.3, 0.4) is 0 Å². The van der Waals surface area contributed by atoms with Crippen LogP contribution in [0.1, 0.15) is 41.5 Å². The Kier molecular flexibility index (Phi) is 5.48. The summed E-state index contributed by atoms with van der Waals surface area (Å²) in [7, 11) is -0.634. The van der Waals surface area contributed by atoms with Crippen LogP contribution in [-0.4, -0.2) is 13.8 Å². The zero-order valence-electron chi connectivity index (χ0n) is 11.4. The number of rotatable bonds is 3. The van der Waals surface area contributed by atoms with Crippen LogP contribution < -0.4 is 0 Å². The molecule has 0 unspecified atom stereocenters. The van der Waals surface area contributed by atoms with E-state index in [0.29, 0.717) is 0 Å². The number of thioether (sulfide) groups is 1. The molecule has 1 radical (unpaired) electrons. The van der Waals surface area contributed by atoms with Crippen LogP contribution in [0.25, 0.3) is 0 Å². The highest BCUT2D eigenvalue weighted by atomic mass is 32.2. The van der Waals surface area contributed by atoms with E-state index < -0.39 is 9.04 Å². The van der Waals surface area contributed by atoms with E-state index in [1.165, 1.54) is 4.91 Å². The van der Waals surface area contributed by atoms with Gasteiger partial charge >= 0.3 is 0 Å². The van der Waals surface area contributed by atoms with Crippen molar-refractivity contribution in [2.45, 2.75) is 59.4 Å². The van der Waals surface area contributed by atoms with E-state index in [0.717, 1.165) is 0 Å². The Morgan fingerprint density at radius 3 is 1.80 bits per heavy atom. The summed E-state index contributed by atoms with van der Waals surface area (Å²) >= 11 is 1.90. The highest BCUT2D eigenvalue weighted by molar-refractivity contribution is 8.04. The Bertz CT molecular complexity index is 221. The normalized spacial score (nSPS) is 14.6. The monoisotopic (exact) mass is 245 g/mol. The lowest BCUT2D eigenvalue weighted by atomic mass is 9.97. The van der Waals surface area contributed by atoms with Gasteiger partial charge in [0.1, 0.15) is 0 Å². The molecule has 0 fully saturated rings. The van der Waals surface area contributed by atoms with Crippen molar-refractivity contribution in [3.8, 4) is 0 Å². The average Bonchev–Trinajstić information content (AvgIpc) is 1.93. The minimum absolute atomic E-state index is 0.176. The van der Waals surface area contributed by atoms with Gasteiger partial charge in [0, 0.05) is 9.65 Å². The molecule has 3 heteroatoms. The SMILES string of the molecule is C[Si](C)OC=C(SC(C)(C)C)C(C)(C)C. The summed E-state index contributed by atoms with van der Waals surface area (Å²) in [5.41, 5.74) is 0.176. The molecule has 0 saturated heterocycles. The topological polar surface area (TPSA) is 9.23 Å². The predicted octanol–water partition coefficient (Wildman–Crippen LogP) is 4.67. The Balaban J connectivity index is 4.68. The van der Waals surface area contributed by atoms with Crippen LogP contribution in [0.5, 0.6) is 0 Å². The Labute approximate surface area is 101 Å². The second-order valence-corrected chi connectivity index (χ2v) is 9.89. The molecule has 0 aromatic rings. The summed E-state index contributed by atoms with van der Waals surface area (Å²) in [4.78, 5) is 1.33. The van der Waals surface area contributed by atoms with Crippen molar-refractivity contribution in [1.29, 1.82) is 0 Å². The molecule has 0 aliphatic carbocycles. The highest BCUT2D eigenvalue weighted by Gasteiger charge is 2.24. The van der Waals surface area contributed by atoms with Crippen LogP contribution in [0, 0.1) is 5.41 Å². The highest BCUT2D eigenvalue weighted by Crippen LogP contribution is 2.41. The summed E-state index contributed by atoms with van der Waals surface area (Å²) in [5.74, 6) is 0. The second-order valence-electron chi connectivity index (χ2n) is 5.97. The molecular formula is C12H25OSSi. The molecule has 0 amide bonds. The lowest BCUT2D eigenvalue weighted by molar-refractivity contribution is 0.460. The third kappa shape index (κ3) is 7.97. The van der Waals surface area contributed by atoms with Crippen molar-refractivity contribution in [2.75, 3.05) is 0 Å². The fourth-order valence-corrected chi connectivity index (χ4v) is 2.36. The van der Waals surface area contributed by atoms with E-state index in [-0.39, 0.29) is 10.2 Å². The number of hydrogen-bond donors (Lipinski definition) is 0. The first-order valence-electron chi connectivity index (χ1n) is 5.39. The van der Waals surface area contributed by atoms with E-state index in [1.807, 2.05) is 18.0 Å². The Morgan fingerprint density at radius 2 is 1.53 bits per heavy atom. The van der Waals surface area contributed by atoms with E-state index in [2.05, 4.69) is 54.6 Å². The molecular weight excluding hydrogens is 220 g/mol. The summed E-state index contributed by atoms with van der Waals surface area (Å²) in [6.07, 6.45) is 1.98. The van der Waals surface area contributed by atoms with Crippen molar-refractivity contribution in [3.63, 3.8) is 0 Å². The van der Waals surface area contributed by atoms with Crippen LogP contribution in [0.2, 0.25) is 13.1 Å². The van der Waals surface area contributed by atoms with Crippen LogP contribution >= 0.6 is 11.8 Å². The van der Waals surface area contributed by atoms with Gasteiger partial charge in [-0.1, -0.05) is 41.5 Å². The van der Waals surface area contributed by atoms with Gasteiger partial charge in [0.05, 0.1) is 6.26 Å². The van der Waals surface area contributed by atoms with Gasteiger partial charge in [0.15, 0.2) is 0 Å². The zero-order chi connectivity index (χ0) is 12.3. The molecule has 0 saturated carbocycles. The quantitative estimate of drug-likeness (QED) is 0.528. The minimum atomic E-state index is -0.634. The van der Waals surface area contributed by atoms with Gasteiger partial charge in [-0.25, -0.2) is 0 Å². The van der Waals surface area contributed by atoms with Crippen molar-refractivity contribution >= 4 is 20.8 Å². The van der Waals surface area contributed by atoms with E-state index in [4.69, 9.17) is 4.43 Å². The molecule has 0 bridgehead atoms. The molecule has 1 nitrogen and oxygen atoms in total. The van der Waals surface area contributed by atoms with Crippen molar-refractivity contribution in [3.05, 3.63) is 11.2 Å². The third-order valence-corrected chi connectivity index (χ3v) is 3.69. The molecule has 15 heavy (non-hydrogen) atoms. The first-order chi connectivity index (χ1) is 6.52. The zero-order valence-corrected chi connectivity index (χ0v) is 13.2. The van der Waals surface area contributed by atoms with Gasteiger partial charge < -0.3 is 4.43 Å². The van der Waals surface area contributed by atoms with Gasteiger partial charge in [0.2, 0.25) is 0 Å². The molecule has 0 aromatic carbocycles. The fourth-order valence-electron chi connectivity index (χ4n) is 0.855. The maximum atomic E-state index is 5.70. The maximum absolute atomic E-state index is 5.70. The third-order valence-electron chi connectivity index (χ3n) is 1.56. The summed E-state index contributed by atoms with van der Waals surface area (Å²) in [5, 5.41) is 0. The largest absolute Gasteiger partial charge is 0.547 e. The van der Waals surface area contributed by atoms with E-state index >= 15 is 0 Å². The molecule has 0 N–H and O–H groups in total. The smallest absolute Gasteiger partial charge is 0.273 e. The van der Waals surface area contributed by atoms with Crippen LogP contribution in [-0.2, 0) is 4.43 Å². The second kappa shape index (κ2) is 5.44. The van der Waals surface area contributed by atoms with Gasteiger partial charge in [0.25, 0.3) is 9.04 Å². The summed E-state index contributed by atoms with van der Waals surface area (Å²) < 4.78 is 5.94. The van der Waals surface area contributed by atoms with E-state index in [9.17, 15) is 0 Å². The minimum Gasteiger partial charge on any atom is -0.547 e. The lowest BCUT2D eigenvalue weighted by Gasteiger charge is -2.28. The van der Waals surface area contributed by atoms with Gasteiger partial charge in [-0.15, -0.1) is 11.8 Å². The number of hydrogen-bond acceptors (Lipinski definition) is 2. The molecule has 0 rings (SSSR count). The van der Waals surface area contributed by atoms with Crippen molar-refractivity contribution < 1.29 is 4.43 Å². The van der Waals surface area contributed by atoms with Crippen molar-refractivity contribution in [1.82, 2.24) is 0 Å².